The zero-order valence-electron chi connectivity index (χ0n) is 13.4. The van der Waals surface area contributed by atoms with Gasteiger partial charge in [-0.15, -0.1) is 0 Å². The van der Waals surface area contributed by atoms with E-state index in [9.17, 15) is 4.79 Å². The first-order valence-electron chi connectivity index (χ1n) is 7.91. The first kappa shape index (κ1) is 14.8. The lowest BCUT2D eigenvalue weighted by molar-refractivity contribution is 0.102. The second kappa shape index (κ2) is 6.02. The third kappa shape index (κ3) is 2.86. The lowest BCUT2D eigenvalue weighted by Gasteiger charge is -2.11. The molecule has 4 rings (SSSR count). The number of hydrogen-bond acceptors (Lipinski definition) is 3. The van der Waals surface area contributed by atoms with Gasteiger partial charge in [0.05, 0.1) is 17.9 Å². The van der Waals surface area contributed by atoms with E-state index < -0.39 is 0 Å². The van der Waals surface area contributed by atoms with Crippen molar-refractivity contribution in [2.45, 2.75) is 6.10 Å². The van der Waals surface area contributed by atoms with Gasteiger partial charge in [0.1, 0.15) is 18.5 Å². The molecule has 5 nitrogen and oxygen atoms in total. The summed E-state index contributed by atoms with van der Waals surface area (Å²) in [6.07, 6.45) is 2.13. The molecule has 1 fully saturated rings. The molecule has 1 amide bonds. The second-order valence-electron chi connectivity index (χ2n) is 5.88. The number of hydrogen-bond donors (Lipinski definition) is 1. The first-order valence-corrected chi connectivity index (χ1v) is 7.91. The lowest BCUT2D eigenvalue weighted by atomic mass is 10.1. The van der Waals surface area contributed by atoms with Crippen LogP contribution in [-0.2, 0) is 11.8 Å². The number of nitrogens with zero attached hydrogens (tertiary/aromatic N) is 1. The largest absolute Gasteiger partial charge is 0.490 e. The van der Waals surface area contributed by atoms with Gasteiger partial charge in [-0.1, -0.05) is 18.2 Å². The number of epoxide rings is 1. The summed E-state index contributed by atoms with van der Waals surface area (Å²) in [7, 11) is 1.98. The number of carbonyl (C=O) groups is 1. The fourth-order valence-electron chi connectivity index (χ4n) is 2.73. The van der Waals surface area contributed by atoms with Gasteiger partial charge in [0.2, 0.25) is 0 Å². The molecule has 0 saturated carbocycles. The molecule has 2 aromatic carbocycles. The summed E-state index contributed by atoms with van der Waals surface area (Å²) in [4.78, 5) is 12.7. The van der Waals surface area contributed by atoms with Crippen LogP contribution in [0.4, 0.5) is 5.69 Å². The molecule has 5 heteroatoms. The van der Waals surface area contributed by atoms with Gasteiger partial charge in [0.15, 0.2) is 0 Å². The van der Waals surface area contributed by atoms with Crippen molar-refractivity contribution in [3.63, 3.8) is 0 Å². The second-order valence-corrected chi connectivity index (χ2v) is 5.88. The maximum atomic E-state index is 12.7. The number of amides is 1. The van der Waals surface area contributed by atoms with Crippen molar-refractivity contribution in [3.05, 3.63) is 60.3 Å². The topological polar surface area (TPSA) is 55.8 Å². The summed E-state index contributed by atoms with van der Waals surface area (Å²) in [6, 6.07) is 15.1. The van der Waals surface area contributed by atoms with E-state index in [4.69, 9.17) is 9.47 Å². The van der Waals surface area contributed by atoms with E-state index in [0.717, 1.165) is 23.2 Å². The first-order chi connectivity index (χ1) is 11.7. The third-order valence-electron chi connectivity index (χ3n) is 4.13. The average Bonchev–Trinajstić information content (AvgIpc) is 3.36. The zero-order valence-corrected chi connectivity index (χ0v) is 13.4. The van der Waals surface area contributed by atoms with E-state index in [2.05, 4.69) is 5.32 Å². The number of rotatable bonds is 5. The zero-order chi connectivity index (χ0) is 16.5. The molecule has 1 unspecified atom stereocenters. The molecule has 122 valence electrons. The van der Waals surface area contributed by atoms with Crippen molar-refractivity contribution in [2.24, 2.45) is 7.05 Å². The maximum absolute atomic E-state index is 12.7. The maximum Gasteiger partial charge on any atom is 0.259 e. The minimum absolute atomic E-state index is 0.152. The number of aryl methyl sites for hydroxylation is 1. The molecule has 0 radical (unpaired) electrons. The summed E-state index contributed by atoms with van der Waals surface area (Å²) in [6.45, 7) is 1.20. The minimum Gasteiger partial charge on any atom is -0.490 e. The molecular formula is C19H18N2O3. The van der Waals surface area contributed by atoms with E-state index in [1.807, 2.05) is 54.2 Å². The molecule has 1 saturated heterocycles. The van der Waals surface area contributed by atoms with Crippen LogP contribution in [-0.4, -0.2) is 29.8 Å². The molecule has 0 bridgehead atoms. The SMILES string of the molecule is Cn1ccc2c(NC(=O)c3ccccc3OCC3CO3)cccc21. The number of anilines is 1. The predicted molar refractivity (Wildman–Crippen MR) is 92.5 cm³/mol. The van der Waals surface area contributed by atoms with Crippen LogP contribution >= 0.6 is 0 Å². The van der Waals surface area contributed by atoms with Crippen LogP contribution < -0.4 is 10.1 Å². The molecule has 3 aromatic rings. The number of fused-ring (bicyclic) bond motifs is 1. The highest BCUT2D eigenvalue weighted by Crippen LogP contribution is 2.26. The summed E-state index contributed by atoms with van der Waals surface area (Å²) >= 11 is 0. The predicted octanol–water partition coefficient (Wildman–Crippen LogP) is 3.21. The monoisotopic (exact) mass is 322 g/mol. The summed E-state index contributed by atoms with van der Waals surface area (Å²) in [5.41, 5.74) is 2.38. The van der Waals surface area contributed by atoms with Gasteiger partial charge >= 0.3 is 0 Å². The highest BCUT2D eigenvalue weighted by molar-refractivity contribution is 6.10. The molecule has 0 spiro atoms. The Morgan fingerprint density at radius 1 is 1.25 bits per heavy atom. The highest BCUT2D eigenvalue weighted by atomic mass is 16.6. The fourth-order valence-corrected chi connectivity index (χ4v) is 2.73. The van der Waals surface area contributed by atoms with Crippen LogP contribution in [0.15, 0.2) is 54.7 Å². The van der Waals surface area contributed by atoms with Gasteiger partial charge in [-0.25, -0.2) is 0 Å². The van der Waals surface area contributed by atoms with E-state index >= 15 is 0 Å². The Bertz CT molecular complexity index is 897. The quantitative estimate of drug-likeness (QED) is 0.734. The van der Waals surface area contributed by atoms with Crippen LogP contribution in [0.1, 0.15) is 10.4 Å². The number of nitrogens with one attached hydrogen (secondary N) is 1. The summed E-state index contributed by atoms with van der Waals surface area (Å²) in [5.74, 6) is 0.393. The van der Waals surface area contributed by atoms with E-state index in [-0.39, 0.29) is 12.0 Å². The van der Waals surface area contributed by atoms with Crippen molar-refractivity contribution in [1.29, 1.82) is 0 Å². The Morgan fingerprint density at radius 2 is 2.08 bits per heavy atom. The molecule has 1 aliphatic rings. The van der Waals surface area contributed by atoms with Gasteiger partial charge < -0.3 is 19.4 Å². The smallest absolute Gasteiger partial charge is 0.259 e. The number of benzene rings is 2. The molecule has 0 aliphatic carbocycles. The van der Waals surface area contributed by atoms with Gasteiger partial charge in [-0.3, -0.25) is 4.79 Å². The van der Waals surface area contributed by atoms with Gasteiger partial charge in [0.25, 0.3) is 5.91 Å². The standard InChI is InChI=1S/C19H18N2O3/c1-21-10-9-14-16(6-4-7-17(14)21)20-19(22)15-5-2-3-8-18(15)24-12-13-11-23-13/h2-10,13H,11-12H2,1H3,(H,20,22). The summed E-state index contributed by atoms with van der Waals surface area (Å²) in [5, 5.41) is 4.01. The van der Waals surface area contributed by atoms with Crippen LogP contribution in [0.2, 0.25) is 0 Å². The molecule has 24 heavy (non-hydrogen) atoms. The van der Waals surface area contributed by atoms with Crippen molar-refractivity contribution in [1.82, 2.24) is 4.57 Å². The Hall–Kier alpha value is -2.79. The van der Waals surface area contributed by atoms with E-state index in [1.54, 1.807) is 12.1 Å². The normalized spacial score (nSPS) is 16.1. The van der Waals surface area contributed by atoms with E-state index in [1.165, 1.54) is 0 Å². The Morgan fingerprint density at radius 3 is 2.92 bits per heavy atom. The Kier molecular flexibility index (Phi) is 3.70. The van der Waals surface area contributed by atoms with Gasteiger partial charge in [-0.05, 0) is 30.3 Å². The molecule has 1 atom stereocenters. The molecular weight excluding hydrogens is 304 g/mol. The Labute approximate surface area is 139 Å². The number of para-hydroxylation sites is 1. The highest BCUT2D eigenvalue weighted by Gasteiger charge is 2.24. The van der Waals surface area contributed by atoms with E-state index in [0.29, 0.717) is 17.9 Å². The van der Waals surface area contributed by atoms with Crippen LogP contribution in [0.5, 0.6) is 5.75 Å². The van der Waals surface area contributed by atoms with Gasteiger partial charge in [0, 0.05) is 24.1 Å². The number of ether oxygens (including phenoxy) is 2. The van der Waals surface area contributed by atoms with Gasteiger partial charge in [-0.2, -0.15) is 0 Å². The minimum atomic E-state index is -0.182. The van der Waals surface area contributed by atoms with Crippen LogP contribution in [0.25, 0.3) is 10.9 Å². The van der Waals surface area contributed by atoms with Crippen LogP contribution in [0, 0.1) is 0 Å². The fraction of sp³-hybridized carbons (Fsp3) is 0.211. The summed E-state index contributed by atoms with van der Waals surface area (Å²) < 4.78 is 12.9. The number of aromatic nitrogens is 1. The van der Waals surface area contributed by atoms with Crippen molar-refractivity contribution >= 4 is 22.5 Å². The average molecular weight is 322 g/mol. The lowest BCUT2D eigenvalue weighted by Crippen LogP contribution is -2.15. The molecule has 1 aliphatic heterocycles. The van der Waals surface area contributed by atoms with Crippen molar-refractivity contribution < 1.29 is 14.3 Å². The van der Waals surface area contributed by atoms with Crippen molar-refractivity contribution in [2.75, 3.05) is 18.5 Å². The molecule has 1 aromatic heterocycles. The molecule has 1 N–H and O–H groups in total. The van der Waals surface area contributed by atoms with Crippen molar-refractivity contribution in [3.8, 4) is 5.75 Å². The number of carbonyl (C=O) groups excluding carboxylic acids is 1. The Balaban J connectivity index is 1.59. The molecule has 2 heterocycles. The van der Waals surface area contributed by atoms with Crippen LogP contribution in [0.3, 0.4) is 0 Å². The third-order valence-corrected chi connectivity index (χ3v) is 4.13.